The molecule has 13 heteroatoms. The van der Waals surface area contributed by atoms with Crippen molar-refractivity contribution in [2.24, 2.45) is 17.8 Å². The van der Waals surface area contributed by atoms with Gasteiger partial charge in [-0.3, -0.25) is 9.69 Å². The summed E-state index contributed by atoms with van der Waals surface area (Å²) in [4.78, 5) is 33.1. The number of methoxy groups -OCH3 is 6. The predicted octanol–water partition coefficient (Wildman–Crippen LogP) is 5.59. The Morgan fingerprint density at radius 1 is 0.941 bits per heavy atom. The SMILES string of the molecule is COC(=O)[C@H]1[C@H]2C[C@@H]3c4[nH]c5cc(OC)ccc5c4CCN3C[C@H]2C[C@@H](OC(=O)c2cc(OC)c(OC)c(OC)c2)[C@@H]1OC.C[Si]1CCCCO1. The maximum Gasteiger partial charge on any atom is 0.338 e. The van der Waals surface area contributed by atoms with Gasteiger partial charge in [0.15, 0.2) is 11.5 Å². The Kier molecular flexibility index (Phi) is 11.8. The van der Waals surface area contributed by atoms with E-state index in [9.17, 15) is 9.59 Å². The van der Waals surface area contributed by atoms with Crippen LogP contribution in [-0.2, 0) is 29.9 Å². The minimum absolute atomic E-state index is 0.0170. The van der Waals surface area contributed by atoms with Gasteiger partial charge in [0.05, 0.1) is 53.1 Å². The monoisotopic (exact) mass is 723 g/mol. The molecule has 0 spiro atoms. The van der Waals surface area contributed by atoms with E-state index in [0.717, 1.165) is 43.8 Å². The van der Waals surface area contributed by atoms with Gasteiger partial charge in [-0.15, -0.1) is 0 Å². The van der Waals surface area contributed by atoms with Crippen molar-refractivity contribution in [1.29, 1.82) is 0 Å². The first-order valence-corrected chi connectivity index (χ1v) is 19.9. The molecule has 0 bridgehead atoms. The molecule has 1 aromatic heterocycles. The number of hydrogen-bond acceptors (Lipinski definition) is 11. The first-order chi connectivity index (χ1) is 24.7. The largest absolute Gasteiger partial charge is 0.497 e. The van der Waals surface area contributed by atoms with E-state index < -0.39 is 24.1 Å². The maximum absolute atomic E-state index is 13.5. The molecule has 3 aromatic rings. The lowest BCUT2D eigenvalue weighted by Crippen LogP contribution is -2.58. The Morgan fingerprint density at radius 3 is 2.29 bits per heavy atom. The van der Waals surface area contributed by atoms with Crippen LogP contribution in [0.4, 0.5) is 0 Å². The average Bonchev–Trinajstić information content (AvgIpc) is 3.54. The standard InChI is InChI=1S/C33H40N2O9.C5H11OSi/c1-38-19-7-8-20-21-9-10-35-16-18-13-27(44-32(36)17-11-25(39-2)30(41-4)26(12-17)40-3)31(42-5)28(33(37)43-6)22(18)15-24(35)29(21)34-23(20)14-19;1-7-5-3-2-4-6-7/h7-8,11-12,14,18,22,24,27-28,31,34H,9-10,13,15-16H2,1-6H3;2-5H2,1H3/t18-,22+,24-,27-,28+,31+;/m1./s1. The Labute approximate surface area is 301 Å². The van der Waals surface area contributed by atoms with Crippen LogP contribution >= 0.6 is 0 Å². The van der Waals surface area contributed by atoms with Crippen molar-refractivity contribution in [2.45, 2.75) is 62.9 Å². The number of fused-ring (bicyclic) bond motifs is 6. The van der Waals surface area contributed by atoms with Gasteiger partial charge >= 0.3 is 11.9 Å². The van der Waals surface area contributed by atoms with Crippen LogP contribution < -0.4 is 18.9 Å². The van der Waals surface area contributed by atoms with Crippen molar-refractivity contribution in [3.05, 3.63) is 47.2 Å². The summed E-state index contributed by atoms with van der Waals surface area (Å²) in [5, 5.41) is 1.21. The molecular weight excluding hydrogens is 673 g/mol. The summed E-state index contributed by atoms with van der Waals surface area (Å²) in [6.45, 7) is 4.95. The van der Waals surface area contributed by atoms with Gasteiger partial charge in [-0.05, 0) is 79.9 Å². The molecule has 277 valence electrons. The molecule has 7 rings (SSSR count). The fourth-order valence-electron chi connectivity index (χ4n) is 8.56. The third-order valence-electron chi connectivity index (χ3n) is 11.0. The predicted molar refractivity (Wildman–Crippen MR) is 192 cm³/mol. The topological polar surface area (TPSA) is 127 Å². The van der Waals surface area contributed by atoms with Crippen LogP contribution in [0.25, 0.3) is 10.9 Å². The number of piperidine rings is 1. The van der Waals surface area contributed by atoms with Crippen molar-refractivity contribution in [2.75, 3.05) is 62.4 Å². The van der Waals surface area contributed by atoms with Crippen LogP contribution in [0.1, 0.15) is 53.3 Å². The molecule has 1 saturated carbocycles. The first-order valence-electron chi connectivity index (χ1n) is 17.7. The van der Waals surface area contributed by atoms with E-state index in [4.69, 9.17) is 37.6 Å². The molecule has 12 nitrogen and oxygen atoms in total. The lowest BCUT2D eigenvalue weighted by molar-refractivity contribution is -0.176. The highest BCUT2D eigenvalue weighted by Gasteiger charge is 2.54. The Morgan fingerprint density at radius 2 is 1.71 bits per heavy atom. The molecule has 1 aliphatic carbocycles. The number of ether oxygens (including phenoxy) is 7. The van der Waals surface area contributed by atoms with Gasteiger partial charge in [-0.1, -0.05) is 6.42 Å². The van der Waals surface area contributed by atoms with Crippen LogP contribution in [0.3, 0.4) is 0 Å². The number of hydrogen-bond donors (Lipinski definition) is 1. The van der Waals surface area contributed by atoms with Crippen molar-refractivity contribution in [3.63, 3.8) is 0 Å². The summed E-state index contributed by atoms with van der Waals surface area (Å²) >= 11 is 0. The number of H-pyrrole nitrogens is 1. The second-order valence-electron chi connectivity index (χ2n) is 13.7. The van der Waals surface area contributed by atoms with E-state index in [-0.39, 0.29) is 38.5 Å². The lowest BCUT2D eigenvalue weighted by Gasteiger charge is -2.52. The number of carbonyl (C=O) groups excluding carboxylic acids is 2. The molecule has 2 saturated heterocycles. The minimum atomic E-state index is -0.670. The van der Waals surface area contributed by atoms with E-state index in [2.05, 4.69) is 22.5 Å². The fraction of sp³-hybridized carbons (Fsp3) is 0.579. The van der Waals surface area contributed by atoms with Crippen molar-refractivity contribution >= 4 is 31.9 Å². The zero-order chi connectivity index (χ0) is 36.2. The number of rotatable bonds is 8. The molecule has 4 aliphatic rings. The average molecular weight is 724 g/mol. The fourth-order valence-corrected chi connectivity index (χ4v) is 9.94. The van der Waals surface area contributed by atoms with Crippen molar-refractivity contribution in [1.82, 2.24) is 9.88 Å². The number of nitrogens with zero attached hydrogens (tertiary/aromatic N) is 1. The quantitative estimate of drug-likeness (QED) is 0.231. The number of nitrogens with one attached hydrogen (secondary N) is 1. The number of aromatic amines is 1. The molecule has 3 aliphatic heterocycles. The van der Waals surface area contributed by atoms with E-state index in [0.29, 0.717) is 23.7 Å². The van der Waals surface area contributed by atoms with E-state index >= 15 is 0 Å². The van der Waals surface area contributed by atoms with Crippen LogP contribution in [0.15, 0.2) is 30.3 Å². The summed E-state index contributed by atoms with van der Waals surface area (Å²) in [6.07, 6.45) is 3.62. The lowest BCUT2D eigenvalue weighted by atomic mass is 9.63. The summed E-state index contributed by atoms with van der Waals surface area (Å²) in [5.41, 5.74) is 3.83. The molecule has 4 heterocycles. The molecule has 3 fully saturated rings. The first kappa shape index (κ1) is 37.0. The summed E-state index contributed by atoms with van der Waals surface area (Å²) < 4.78 is 44.5. The van der Waals surface area contributed by atoms with Gasteiger partial charge in [-0.25, -0.2) is 4.79 Å². The third-order valence-corrected chi connectivity index (χ3v) is 12.8. The third kappa shape index (κ3) is 7.44. The van der Waals surface area contributed by atoms with Gasteiger partial charge in [0.2, 0.25) is 14.8 Å². The smallest absolute Gasteiger partial charge is 0.338 e. The molecule has 0 amide bonds. The summed E-state index contributed by atoms with van der Waals surface area (Å²) in [5.74, 6) is 0.441. The van der Waals surface area contributed by atoms with Gasteiger partial charge in [-0.2, -0.15) is 0 Å². The highest BCUT2D eigenvalue weighted by atomic mass is 28.3. The highest BCUT2D eigenvalue weighted by Crippen LogP contribution is 2.51. The molecule has 0 unspecified atom stereocenters. The van der Waals surface area contributed by atoms with Crippen LogP contribution in [0.5, 0.6) is 23.0 Å². The van der Waals surface area contributed by atoms with Crippen LogP contribution in [-0.4, -0.2) is 105 Å². The number of benzene rings is 2. The number of esters is 2. The zero-order valence-corrected chi connectivity index (χ0v) is 31.7. The van der Waals surface area contributed by atoms with E-state index in [1.165, 1.54) is 64.0 Å². The molecule has 1 radical (unpaired) electrons. The second kappa shape index (κ2) is 16.3. The van der Waals surface area contributed by atoms with Gasteiger partial charge in [0.1, 0.15) is 18.0 Å². The van der Waals surface area contributed by atoms with Gasteiger partial charge < -0.3 is 42.6 Å². The zero-order valence-electron chi connectivity index (χ0n) is 30.7. The molecular formula is C38H51N2O10Si. The second-order valence-corrected chi connectivity index (χ2v) is 15.9. The molecule has 2 aromatic carbocycles. The van der Waals surface area contributed by atoms with Crippen LogP contribution in [0.2, 0.25) is 12.6 Å². The summed E-state index contributed by atoms with van der Waals surface area (Å²) in [7, 11) is 8.81. The molecule has 1 N–H and O–H groups in total. The van der Waals surface area contributed by atoms with Gasteiger partial charge in [0, 0.05) is 49.5 Å². The Bertz CT molecular complexity index is 1670. The normalized spacial score (nSPS) is 26.0. The van der Waals surface area contributed by atoms with Crippen LogP contribution in [0, 0.1) is 17.8 Å². The number of aromatic nitrogens is 1. The van der Waals surface area contributed by atoms with Crippen molar-refractivity contribution in [3.8, 4) is 23.0 Å². The van der Waals surface area contributed by atoms with Crippen molar-refractivity contribution < 1.29 is 47.2 Å². The Balaban J connectivity index is 0.000000573. The van der Waals surface area contributed by atoms with Gasteiger partial charge in [0.25, 0.3) is 0 Å². The van der Waals surface area contributed by atoms with E-state index in [1.807, 2.05) is 12.1 Å². The van der Waals surface area contributed by atoms with E-state index in [1.54, 1.807) is 26.4 Å². The molecule has 6 atom stereocenters. The highest BCUT2D eigenvalue weighted by molar-refractivity contribution is 6.50. The maximum atomic E-state index is 13.5. The summed E-state index contributed by atoms with van der Waals surface area (Å²) in [6, 6.07) is 10.8. The Hall–Kier alpha value is -3.78. The number of carbonyl (C=O) groups is 2. The molecule has 51 heavy (non-hydrogen) atoms. The minimum Gasteiger partial charge on any atom is -0.497 e.